The summed E-state index contributed by atoms with van der Waals surface area (Å²) in [5.41, 5.74) is 11.1. The summed E-state index contributed by atoms with van der Waals surface area (Å²) in [7, 11) is 0. The lowest BCUT2D eigenvalue weighted by atomic mass is 10.3. The summed E-state index contributed by atoms with van der Waals surface area (Å²) in [6.45, 7) is 0. The zero-order valence-electron chi connectivity index (χ0n) is 11.6. The molecule has 2 heterocycles. The van der Waals surface area contributed by atoms with E-state index in [0.29, 0.717) is 34.6 Å². The minimum Gasteiger partial charge on any atom is -0.456 e. The fourth-order valence-electron chi connectivity index (χ4n) is 1.75. The molecule has 0 aliphatic carbocycles. The lowest BCUT2D eigenvalue weighted by Crippen LogP contribution is -1.91. The molecule has 0 saturated carbocycles. The fourth-order valence-corrected chi connectivity index (χ4v) is 1.75. The van der Waals surface area contributed by atoms with Crippen molar-refractivity contribution >= 4 is 11.6 Å². The van der Waals surface area contributed by atoms with Gasteiger partial charge in [0.25, 0.3) is 0 Å². The number of ether oxygens (including phenoxy) is 2. The van der Waals surface area contributed by atoms with Crippen LogP contribution < -0.4 is 20.9 Å². The smallest absolute Gasteiger partial charge is 0.145 e. The van der Waals surface area contributed by atoms with Gasteiger partial charge in [0.05, 0.1) is 12.4 Å². The Morgan fingerprint density at radius 1 is 0.545 bits per heavy atom. The number of anilines is 2. The molecule has 0 unspecified atom stereocenters. The summed E-state index contributed by atoms with van der Waals surface area (Å²) in [4.78, 5) is 7.93. The van der Waals surface area contributed by atoms with Crippen LogP contribution in [0.3, 0.4) is 0 Å². The van der Waals surface area contributed by atoms with Gasteiger partial charge in [0.2, 0.25) is 0 Å². The van der Waals surface area contributed by atoms with E-state index in [9.17, 15) is 0 Å². The van der Waals surface area contributed by atoms with E-state index in [0.717, 1.165) is 0 Å². The zero-order valence-corrected chi connectivity index (χ0v) is 11.6. The summed E-state index contributed by atoms with van der Waals surface area (Å²) >= 11 is 0. The minimum absolute atomic E-state index is 0.452. The molecule has 6 nitrogen and oxygen atoms in total. The highest BCUT2D eigenvalue weighted by molar-refractivity contribution is 5.39. The van der Waals surface area contributed by atoms with Crippen molar-refractivity contribution in [2.75, 3.05) is 11.5 Å². The Balaban J connectivity index is 1.67. The van der Waals surface area contributed by atoms with Gasteiger partial charge in [0, 0.05) is 0 Å². The van der Waals surface area contributed by atoms with Crippen LogP contribution in [0.4, 0.5) is 11.6 Å². The van der Waals surface area contributed by atoms with Crippen molar-refractivity contribution in [2.45, 2.75) is 0 Å². The third-order valence-corrected chi connectivity index (χ3v) is 2.81. The summed E-state index contributed by atoms with van der Waals surface area (Å²) in [5, 5.41) is 0. The minimum atomic E-state index is 0.452. The molecule has 0 fully saturated rings. The molecule has 4 N–H and O–H groups in total. The molecule has 22 heavy (non-hydrogen) atoms. The van der Waals surface area contributed by atoms with E-state index < -0.39 is 0 Å². The van der Waals surface area contributed by atoms with Gasteiger partial charge in [-0.15, -0.1) is 0 Å². The molecule has 0 bridgehead atoms. The molecule has 2 aromatic heterocycles. The summed E-state index contributed by atoms with van der Waals surface area (Å²) in [5.74, 6) is 3.49. The number of nitrogen functional groups attached to an aromatic ring is 2. The first kappa shape index (κ1) is 13.7. The van der Waals surface area contributed by atoms with Crippen LogP contribution >= 0.6 is 0 Å². The number of rotatable bonds is 4. The Labute approximate surface area is 127 Å². The molecule has 1 aromatic carbocycles. The van der Waals surface area contributed by atoms with Gasteiger partial charge in [-0.3, -0.25) is 0 Å². The molecule has 0 saturated heterocycles. The van der Waals surface area contributed by atoms with Crippen molar-refractivity contribution in [3.63, 3.8) is 0 Å². The van der Waals surface area contributed by atoms with Crippen molar-refractivity contribution < 1.29 is 9.47 Å². The molecule has 110 valence electrons. The van der Waals surface area contributed by atoms with Crippen LogP contribution in [0.5, 0.6) is 23.0 Å². The molecular weight excluding hydrogens is 280 g/mol. The van der Waals surface area contributed by atoms with E-state index in [2.05, 4.69) is 9.97 Å². The molecule has 0 amide bonds. The molecule has 6 heteroatoms. The molecule has 3 rings (SSSR count). The van der Waals surface area contributed by atoms with Crippen LogP contribution in [0.15, 0.2) is 60.9 Å². The van der Waals surface area contributed by atoms with Crippen LogP contribution in [0, 0.1) is 0 Å². The van der Waals surface area contributed by atoms with E-state index in [1.54, 1.807) is 60.9 Å². The highest BCUT2D eigenvalue weighted by Crippen LogP contribution is 2.26. The van der Waals surface area contributed by atoms with E-state index in [1.165, 1.54) is 0 Å². The first-order chi connectivity index (χ1) is 10.7. The second-order valence-electron chi connectivity index (χ2n) is 4.51. The van der Waals surface area contributed by atoms with Gasteiger partial charge in [0.15, 0.2) is 0 Å². The Morgan fingerprint density at radius 3 is 1.23 bits per heavy atom. The Morgan fingerprint density at radius 2 is 0.909 bits per heavy atom. The first-order valence-corrected chi connectivity index (χ1v) is 6.58. The van der Waals surface area contributed by atoms with Crippen LogP contribution in [0.1, 0.15) is 0 Å². The normalized spacial score (nSPS) is 10.2. The van der Waals surface area contributed by atoms with Gasteiger partial charge in [-0.1, -0.05) is 0 Å². The van der Waals surface area contributed by atoms with Gasteiger partial charge >= 0.3 is 0 Å². The largest absolute Gasteiger partial charge is 0.456 e. The van der Waals surface area contributed by atoms with E-state index in [1.807, 2.05) is 0 Å². The lowest BCUT2D eigenvalue weighted by molar-refractivity contribution is 0.467. The average Bonchev–Trinajstić information content (AvgIpc) is 2.54. The summed E-state index contributed by atoms with van der Waals surface area (Å²) < 4.78 is 11.3. The second kappa shape index (κ2) is 6.01. The van der Waals surface area contributed by atoms with Crippen LogP contribution in [-0.2, 0) is 0 Å². The summed E-state index contributed by atoms with van der Waals surface area (Å²) in [6.07, 6.45) is 3.14. The van der Waals surface area contributed by atoms with Crippen molar-refractivity contribution in [1.29, 1.82) is 0 Å². The molecule has 3 aromatic rings. The predicted molar refractivity (Wildman–Crippen MR) is 83.9 cm³/mol. The predicted octanol–water partition coefficient (Wildman–Crippen LogP) is 3.23. The summed E-state index contributed by atoms with van der Waals surface area (Å²) in [6, 6.07) is 14.1. The molecule has 0 aliphatic heterocycles. The third-order valence-electron chi connectivity index (χ3n) is 2.81. The number of hydrogen-bond acceptors (Lipinski definition) is 6. The maximum atomic E-state index is 5.65. The Bertz CT molecular complexity index is 674. The van der Waals surface area contributed by atoms with Gasteiger partial charge < -0.3 is 20.9 Å². The number of hydrogen-bond donors (Lipinski definition) is 2. The second-order valence-corrected chi connectivity index (χ2v) is 4.51. The quantitative estimate of drug-likeness (QED) is 0.767. The van der Waals surface area contributed by atoms with Crippen molar-refractivity contribution in [2.24, 2.45) is 0 Å². The Kier molecular flexibility index (Phi) is 3.74. The standard InChI is InChI=1S/C16H14N4O2/c17-15-7-5-13(9-19-15)21-11-1-2-12(4-3-11)22-14-6-8-16(18)20-10-14/h1-10H,(H2,17,19)(H2,18,20). The van der Waals surface area contributed by atoms with Crippen LogP contribution in [0.25, 0.3) is 0 Å². The average molecular weight is 294 g/mol. The van der Waals surface area contributed by atoms with E-state index >= 15 is 0 Å². The van der Waals surface area contributed by atoms with Crippen LogP contribution in [0.2, 0.25) is 0 Å². The number of benzene rings is 1. The number of pyridine rings is 2. The maximum Gasteiger partial charge on any atom is 0.145 e. The van der Waals surface area contributed by atoms with Gasteiger partial charge in [-0.25, -0.2) is 9.97 Å². The Hall–Kier alpha value is -3.28. The number of aromatic nitrogens is 2. The molecule has 0 radical (unpaired) electrons. The molecular formula is C16H14N4O2. The van der Waals surface area contributed by atoms with Crippen molar-refractivity contribution in [1.82, 2.24) is 9.97 Å². The topological polar surface area (TPSA) is 96.3 Å². The third kappa shape index (κ3) is 3.43. The molecule has 0 spiro atoms. The highest BCUT2D eigenvalue weighted by atomic mass is 16.5. The maximum absolute atomic E-state index is 5.65. The fraction of sp³-hybridized carbons (Fsp3) is 0. The van der Waals surface area contributed by atoms with Crippen molar-refractivity contribution in [3.05, 3.63) is 60.9 Å². The number of nitrogens with two attached hydrogens (primary N) is 2. The van der Waals surface area contributed by atoms with Gasteiger partial charge in [0.1, 0.15) is 34.6 Å². The number of nitrogens with zero attached hydrogens (tertiary/aromatic N) is 2. The highest BCUT2D eigenvalue weighted by Gasteiger charge is 2.01. The van der Waals surface area contributed by atoms with Gasteiger partial charge in [-0.05, 0) is 48.5 Å². The monoisotopic (exact) mass is 294 g/mol. The molecule has 0 aliphatic rings. The van der Waals surface area contributed by atoms with Crippen LogP contribution in [-0.4, -0.2) is 9.97 Å². The van der Waals surface area contributed by atoms with Gasteiger partial charge in [-0.2, -0.15) is 0 Å². The van der Waals surface area contributed by atoms with E-state index in [4.69, 9.17) is 20.9 Å². The van der Waals surface area contributed by atoms with Crippen molar-refractivity contribution in [3.8, 4) is 23.0 Å². The first-order valence-electron chi connectivity index (χ1n) is 6.58. The lowest BCUT2D eigenvalue weighted by Gasteiger charge is -2.08. The molecule has 0 atom stereocenters. The van der Waals surface area contributed by atoms with E-state index in [-0.39, 0.29) is 0 Å². The zero-order chi connectivity index (χ0) is 15.4. The SMILES string of the molecule is Nc1ccc(Oc2ccc(Oc3ccc(N)nc3)cc2)cn1.